The van der Waals surface area contributed by atoms with Crippen LogP contribution < -0.4 is 15.5 Å². The monoisotopic (exact) mass is 415 g/mol. The molecule has 3 aromatic rings. The van der Waals surface area contributed by atoms with Gasteiger partial charge in [-0.3, -0.25) is 4.79 Å². The van der Waals surface area contributed by atoms with Gasteiger partial charge < -0.3 is 20.3 Å². The number of amides is 1. The van der Waals surface area contributed by atoms with Crippen LogP contribution in [0.25, 0.3) is 11.3 Å². The van der Waals surface area contributed by atoms with Crippen LogP contribution in [0.15, 0.2) is 73.1 Å². The van der Waals surface area contributed by atoms with E-state index in [1.807, 2.05) is 49.4 Å². The largest absolute Gasteiger partial charge is 0.378 e. The van der Waals surface area contributed by atoms with Gasteiger partial charge in [-0.15, -0.1) is 0 Å². The highest BCUT2D eigenvalue weighted by Crippen LogP contribution is 2.25. The van der Waals surface area contributed by atoms with Crippen molar-refractivity contribution in [3.63, 3.8) is 0 Å². The van der Waals surface area contributed by atoms with Gasteiger partial charge in [-0.1, -0.05) is 18.2 Å². The van der Waals surface area contributed by atoms with Crippen molar-refractivity contribution in [3.05, 3.63) is 73.1 Å². The van der Waals surface area contributed by atoms with Crippen LogP contribution >= 0.6 is 0 Å². The number of nitrogens with zero attached hydrogens (tertiary/aromatic N) is 3. The molecule has 1 saturated heterocycles. The maximum Gasteiger partial charge on any atom is 0.248 e. The molecule has 1 aliphatic rings. The molecule has 7 nitrogen and oxygen atoms in total. The maximum atomic E-state index is 11.8. The van der Waals surface area contributed by atoms with Crippen LogP contribution in [0.5, 0.6) is 0 Å². The molecule has 0 spiro atoms. The number of carbonyl (C=O) groups is 1. The summed E-state index contributed by atoms with van der Waals surface area (Å²) in [5.41, 5.74) is 4.52. The fourth-order valence-corrected chi connectivity index (χ4v) is 3.40. The van der Waals surface area contributed by atoms with Crippen LogP contribution in [-0.2, 0) is 9.53 Å². The van der Waals surface area contributed by atoms with Crippen molar-refractivity contribution in [1.29, 1.82) is 0 Å². The summed E-state index contributed by atoms with van der Waals surface area (Å²) in [6.45, 7) is 5.17. The molecule has 0 radical (unpaired) electrons. The summed E-state index contributed by atoms with van der Waals surface area (Å²) in [5, 5.41) is 6.18. The van der Waals surface area contributed by atoms with Gasteiger partial charge in [0.25, 0.3) is 0 Å². The van der Waals surface area contributed by atoms with E-state index in [1.165, 1.54) is 18.1 Å². The second-order valence-electron chi connectivity index (χ2n) is 7.13. The first-order valence-electron chi connectivity index (χ1n) is 10.3. The number of anilines is 4. The predicted octanol–water partition coefficient (Wildman–Crippen LogP) is 4.24. The van der Waals surface area contributed by atoms with E-state index in [4.69, 9.17) is 4.74 Å². The van der Waals surface area contributed by atoms with Crippen LogP contribution in [0.1, 0.15) is 6.92 Å². The summed E-state index contributed by atoms with van der Waals surface area (Å²) in [4.78, 5) is 22.8. The number of rotatable bonds is 6. The highest BCUT2D eigenvalue weighted by Gasteiger charge is 2.11. The molecular formula is C24H25N5O2. The minimum Gasteiger partial charge on any atom is -0.378 e. The number of benzene rings is 2. The van der Waals surface area contributed by atoms with Crippen molar-refractivity contribution in [3.8, 4) is 11.3 Å². The fraction of sp³-hybridized carbons (Fsp3) is 0.208. The zero-order chi connectivity index (χ0) is 21.5. The number of carbonyl (C=O) groups excluding carboxylic acids is 1. The molecule has 158 valence electrons. The molecule has 0 unspecified atom stereocenters. The smallest absolute Gasteiger partial charge is 0.248 e. The number of hydrogen-bond acceptors (Lipinski definition) is 6. The topological polar surface area (TPSA) is 79.4 Å². The first-order chi connectivity index (χ1) is 15.2. The van der Waals surface area contributed by atoms with Gasteiger partial charge in [0.05, 0.1) is 18.9 Å². The van der Waals surface area contributed by atoms with E-state index in [1.54, 1.807) is 6.08 Å². The SMILES string of the molecule is C/C=C/C(=O)Nc1cccc(-c2cc(Nc3ccc(N4CCOCC4)cc3)ncn2)c1. The number of morpholine rings is 1. The van der Waals surface area contributed by atoms with Crippen molar-refractivity contribution in [2.75, 3.05) is 41.8 Å². The van der Waals surface area contributed by atoms with Crippen LogP contribution in [0, 0.1) is 0 Å². The third-order valence-corrected chi connectivity index (χ3v) is 4.93. The molecule has 7 heteroatoms. The van der Waals surface area contributed by atoms with E-state index >= 15 is 0 Å². The van der Waals surface area contributed by atoms with Gasteiger partial charge >= 0.3 is 0 Å². The molecule has 1 aromatic heterocycles. The van der Waals surface area contributed by atoms with Gasteiger partial charge in [0, 0.05) is 41.8 Å². The summed E-state index contributed by atoms with van der Waals surface area (Å²) in [6.07, 6.45) is 4.73. The molecule has 1 fully saturated rings. The molecule has 0 atom stereocenters. The zero-order valence-corrected chi connectivity index (χ0v) is 17.4. The Morgan fingerprint density at radius 2 is 1.84 bits per heavy atom. The summed E-state index contributed by atoms with van der Waals surface area (Å²) in [5.74, 6) is 0.540. The lowest BCUT2D eigenvalue weighted by atomic mass is 10.1. The van der Waals surface area contributed by atoms with E-state index in [2.05, 4.69) is 37.6 Å². The van der Waals surface area contributed by atoms with Crippen molar-refractivity contribution < 1.29 is 9.53 Å². The van der Waals surface area contributed by atoms with Crippen molar-refractivity contribution in [2.24, 2.45) is 0 Å². The van der Waals surface area contributed by atoms with Gasteiger partial charge in [-0.25, -0.2) is 9.97 Å². The minimum atomic E-state index is -0.162. The molecule has 0 saturated carbocycles. The number of aromatic nitrogens is 2. The molecule has 4 rings (SSSR count). The lowest BCUT2D eigenvalue weighted by molar-refractivity contribution is -0.111. The highest BCUT2D eigenvalue weighted by atomic mass is 16.5. The summed E-state index contributed by atoms with van der Waals surface area (Å²) in [6, 6.07) is 17.8. The third kappa shape index (κ3) is 5.46. The second-order valence-corrected chi connectivity index (χ2v) is 7.13. The van der Waals surface area contributed by atoms with Gasteiger partial charge in [0.1, 0.15) is 12.1 Å². The van der Waals surface area contributed by atoms with Crippen molar-refractivity contribution >= 4 is 28.8 Å². The third-order valence-electron chi connectivity index (χ3n) is 4.93. The Bertz CT molecular complexity index is 1060. The Kier molecular flexibility index (Phi) is 6.54. The quantitative estimate of drug-likeness (QED) is 0.587. The van der Waals surface area contributed by atoms with Gasteiger partial charge in [0.2, 0.25) is 5.91 Å². The lowest BCUT2D eigenvalue weighted by Gasteiger charge is -2.28. The van der Waals surface area contributed by atoms with E-state index in [9.17, 15) is 4.79 Å². The second kappa shape index (κ2) is 9.86. The number of hydrogen-bond donors (Lipinski definition) is 2. The summed E-state index contributed by atoms with van der Waals surface area (Å²) in [7, 11) is 0. The van der Waals surface area contributed by atoms with Crippen LogP contribution in [0.2, 0.25) is 0 Å². The normalized spacial score (nSPS) is 13.9. The Morgan fingerprint density at radius 3 is 2.61 bits per heavy atom. The Morgan fingerprint density at radius 1 is 1.03 bits per heavy atom. The Balaban J connectivity index is 1.47. The molecule has 1 aliphatic heterocycles. The van der Waals surface area contributed by atoms with Gasteiger partial charge in [0.15, 0.2) is 0 Å². The first kappa shape index (κ1) is 20.6. The van der Waals surface area contributed by atoms with Crippen LogP contribution in [0.4, 0.5) is 22.9 Å². The average Bonchev–Trinajstić information content (AvgIpc) is 2.81. The van der Waals surface area contributed by atoms with Crippen molar-refractivity contribution in [2.45, 2.75) is 6.92 Å². The summed E-state index contributed by atoms with van der Waals surface area (Å²) >= 11 is 0. The molecule has 1 amide bonds. The Labute approximate surface area is 181 Å². The fourth-order valence-electron chi connectivity index (χ4n) is 3.40. The molecule has 2 aromatic carbocycles. The predicted molar refractivity (Wildman–Crippen MR) is 124 cm³/mol. The van der Waals surface area contributed by atoms with Gasteiger partial charge in [-0.2, -0.15) is 0 Å². The molecular weight excluding hydrogens is 390 g/mol. The molecule has 2 N–H and O–H groups in total. The number of allylic oxidation sites excluding steroid dienone is 1. The summed E-state index contributed by atoms with van der Waals surface area (Å²) < 4.78 is 5.42. The van der Waals surface area contributed by atoms with E-state index in [0.29, 0.717) is 11.5 Å². The van der Waals surface area contributed by atoms with E-state index in [0.717, 1.165) is 43.2 Å². The standard InChI is InChI=1S/C24H25N5O2/c1-2-4-24(30)28-20-6-3-5-18(15-20)22-16-23(26-17-25-22)27-19-7-9-21(10-8-19)29-11-13-31-14-12-29/h2-10,15-17H,11-14H2,1H3,(H,28,30)(H,25,26,27)/b4-2+. The van der Waals surface area contributed by atoms with Gasteiger partial charge in [-0.05, 0) is 49.4 Å². The Hall–Kier alpha value is -3.71. The van der Waals surface area contributed by atoms with Crippen LogP contribution in [-0.4, -0.2) is 42.2 Å². The maximum absolute atomic E-state index is 11.8. The van der Waals surface area contributed by atoms with Crippen molar-refractivity contribution in [1.82, 2.24) is 9.97 Å². The molecule has 0 aliphatic carbocycles. The highest BCUT2D eigenvalue weighted by molar-refractivity contribution is 5.99. The zero-order valence-electron chi connectivity index (χ0n) is 17.4. The minimum absolute atomic E-state index is 0.162. The molecule has 31 heavy (non-hydrogen) atoms. The van der Waals surface area contributed by atoms with Crippen LogP contribution in [0.3, 0.4) is 0 Å². The molecule has 0 bridgehead atoms. The lowest BCUT2D eigenvalue weighted by Crippen LogP contribution is -2.36. The van der Waals surface area contributed by atoms with E-state index in [-0.39, 0.29) is 5.91 Å². The number of nitrogens with one attached hydrogen (secondary N) is 2. The first-order valence-corrected chi connectivity index (χ1v) is 10.3. The number of ether oxygens (including phenoxy) is 1. The molecule has 2 heterocycles. The van der Waals surface area contributed by atoms with E-state index < -0.39 is 0 Å². The average molecular weight is 415 g/mol.